The van der Waals surface area contributed by atoms with Gasteiger partial charge in [0.05, 0.1) is 0 Å². The standard InChI is InChI=1S/C16H23BrN2S2/c1-12-11-13(7-8-15(12)17)19-16(20)18-9-10-21-14-5-3-2-4-6-14/h7-8,11,14H,2-6,9-10H2,1H3,(H2,18,19,20). The molecule has 2 rings (SSSR count). The van der Waals surface area contributed by atoms with Crippen LogP contribution in [-0.4, -0.2) is 22.7 Å². The van der Waals surface area contributed by atoms with Crippen molar-refractivity contribution in [2.75, 3.05) is 17.6 Å². The molecule has 1 saturated carbocycles. The van der Waals surface area contributed by atoms with Gasteiger partial charge in [0.25, 0.3) is 0 Å². The number of thioether (sulfide) groups is 1. The monoisotopic (exact) mass is 386 g/mol. The molecule has 1 aromatic rings. The fourth-order valence-corrected chi connectivity index (χ4v) is 4.21. The van der Waals surface area contributed by atoms with Gasteiger partial charge in [-0.3, -0.25) is 0 Å². The summed E-state index contributed by atoms with van der Waals surface area (Å²) in [5.74, 6) is 1.13. The third-order valence-electron chi connectivity index (χ3n) is 3.71. The Bertz CT molecular complexity index is 473. The Balaban J connectivity index is 1.63. The number of anilines is 1. The number of benzene rings is 1. The molecule has 116 valence electrons. The summed E-state index contributed by atoms with van der Waals surface area (Å²) >= 11 is 10.9. The Hall–Kier alpha value is -0.260. The normalized spacial score (nSPS) is 15.7. The van der Waals surface area contributed by atoms with Crippen molar-refractivity contribution in [1.82, 2.24) is 5.32 Å². The molecule has 0 aromatic heterocycles. The summed E-state index contributed by atoms with van der Waals surface area (Å²) in [6.45, 7) is 3.01. The summed E-state index contributed by atoms with van der Waals surface area (Å²) in [6, 6.07) is 6.16. The fraction of sp³-hybridized carbons (Fsp3) is 0.562. The van der Waals surface area contributed by atoms with E-state index in [1.165, 1.54) is 37.7 Å². The molecule has 0 saturated heterocycles. The molecule has 2 nitrogen and oxygen atoms in total. The highest BCUT2D eigenvalue weighted by molar-refractivity contribution is 9.10. The van der Waals surface area contributed by atoms with Gasteiger partial charge < -0.3 is 10.6 Å². The van der Waals surface area contributed by atoms with Gasteiger partial charge in [-0.05, 0) is 55.7 Å². The van der Waals surface area contributed by atoms with Gasteiger partial charge in [-0.2, -0.15) is 11.8 Å². The largest absolute Gasteiger partial charge is 0.362 e. The summed E-state index contributed by atoms with van der Waals surface area (Å²) in [5.41, 5.74) is 2.24. The van der Waals surface area contributed by atoms with Crippen molar-refractivity contribution in [2.45, 2.75) is 44.3 Å². The van der Waals surface area contributed by atoms with Crippen molar-refractivity contribution in [3.63, 3.8) is 0 Å². The topological polar surface area (TPSA) is 24.1 Å². The Morgan fingerprint density at radius 2 is 2.10 bits per heavy atom. The van der Waals surface area contributed by atoms with Gasteiger partial charge in [-0.25, -0.2) is 0 Å². The molecule has 1 fully saturated rings. The minimum atomic E-state index is 0.709. The number of aryl methyl sites for hydroxylation is 1. The lowest BCUT2D eigenvalue weighted by atomic mass is 10.0. The molecule has 0 unspecified atom stereocenters. The molecule has 0 aliphatic heterocycles. The quantitative estimate of drug-likeness (QED) is 0.542. The average Bonchev–Trinajstić information content (AvgIpc) is 2.49. The van der Waals surface area contributed by atoms with Crippen LogP contribution in [0.1, 0.15) is 37.7 Å². The van der Waals surface area contributed by atoms with Crippen molar-refractivity contribution >= 4 is 50.7 Å². The smallest absolute Gasteiger partial charge is 0.170 e. The molecule has 0 spiro atoms. The molecule has 1 aliphatic rings. The summed E-state index contributed by atoms with van der Waals surface area (Å²) in [5, 5.41) is 8.11. The molecule has 0 amide bonds. The number of hydrogen-bond donors (Lipinski definition) is 2. The fourth-order valence-electron chi connectivity index (χ4n) is 2.52. The highest BCUT2D eigenvalue weighted by atomic mass is 79.9. The molecule has 5 heteroatoms. The maximum atomic E-state index is 5.34. The van der Waals surface area contributed by atoms with E-state index in [0.29, 0.717) is 5.11 Å². The molecule has 1 aromatic carbocycles. The molecule has 0 heterocycles. The third kappa shape index (κ3) is 6.17. The van der Waals surface area contributed by atoms with E-state index in [1.54, 1.807) is 0 Å². The van der Waals surface area contributed by atoms with E-state index >= 15 is 0 Å². The van der Waals surface area contributed by atoms with Crippen LogP contribution >= 0.6 is 39.9 Å². The number of nitrogens with one attached hydrogen (secondary N) is 2. The molecule has 0 atom stereocenters. The maximum absolute atomic E-state index is 5.34. The van der Waals surface area contributed by atoms with Gasteiger partial charge in [-0.15, -0.1) is 0 Å². The maximum Gasteiger partial charge on any atom is 0.170 e. The predicted octanol–water partition coefficient (Wildman–Crippen LogP) is 5.11. The second-order valence-electron chi connectivity index (χ2n) is 5.48. The second-order valence-corrected chi connectivity index (χ2v) is 8.15. The van der Waals surface area contributed by atoms with E-state index in [2.05, 4.69) is 51.3 Å². The first-order chi connectivity index (χ1) is 10.1. The van der Waals surface area contributed by atoms with Gasteiger partial charge in [0.1, 0.15) is 0 Å². The highest BCUT2D eigenvalue weighted by Crippen LogP contribution is 2.27. The molecule has 0 bridgehead atoms. The molecule has 0 radical (unpaired) electrons. The van der Waals surface area contributed by atoms with Gasteiger partial charge in [0.2, 0.25) is 0 Å². The predicted molar refractivity (Wildman–Crippen MR) is 102 cm³/mol. The van der Waals surface area contributed by atoms with Crippen molar-refractivity contribution in [1.29, 1.82) is 0 Å². The van der Waals surface area contributed by atoms with Gasteiger partial charge in [0, 0.05) is 27.7 Å². The second kappa shape index (κ2) is 9.01. The first kappa shape index (κ1) is 17.1. The molecule has 21 heavy (non-hydrogen) atoms. The van der Waals surface area contributed by atoms with Crippen LogP contribution in [0.5, 0.6) is 0 Å². The van der Waals surface area contributed by atoms with Crippen LogP contribution in [0.25, 0.3) is 0 Å². The van der Waals surface area contributed by atoms with Gasteiger partial charge in [0.15, 0.2) is 5.11 Å². The van der Waals surface area contributed by atoms with Crippen molar-refractivity contribution in [3.8, 4) is 0 Å². The van der Waals surface area contributed by atoms with Crippen LogP contribution in [0.3, 0.4) is 0 Å². The number of halogens is 1. The number of hydrogen-bond acceptors (Lipinski definition) is 2. The van der Waals surface area contributed by atoms with Crippen LogP contribution in [0.2, 0.25) is 0 Å². The zero-order chi connectivity index (χ0) is 15.1. The molecular weight excluding hydrogens is 364 g/mol. The van der Waals surface area contributed by atoms with E-state index in [4.69, 9.17) is 12.2 Å². The highest BCUT2D eigenvalue weighted by Gasteiger charge is 2.13. The van der Waals surface area contributed by atoms with E-state index in [0.717, 1.165) is 27.7 Å². The Morgan fingerprint density at radius 3 is 2.81 bits per heavy atom. The van der Waals surface area contributed by atoms with Crippen molar-refractivity contribution < 1.29 is 0 Å². The van der Waals surface area contributed by atoms with Crippen molar-refractivity contribution in [2.24, 2.45) is 0 Å². The Morgan fingerprint density at radius 1 is 1.33 bits per heavy atom. The van der Waals surface area contributed by atoms with Crippen LogP contribution in [0, 0.1) is 6.92 Å². The minimum absolute atomic E-state index is 0.709. The minimum Gasteiger partial charge on any atom is -0.362 e. The summed E-state index contributed by atoms with van der Waals surface area (Å²) in [4.78, 5) is 0. The van der Waals surface area contributed by atoms with Gasteiger partial charge in [-0.1, -0.05) is 35.2 Å². The lowest BCUT2D eigenvalue weighted by molar-refractivity contribution is 0.516. The van der Waals surface area contributed by atoms with Crippen LogP contribution in [0.15, 0.2) is 22.7 Å². The van der Waals surface area contributed by atoms with E-state index in [1.807, 2.05) is 12.1 Å². The number of thiocarbonyl (C=S) groups is 1. The molecule has 1 aliphatic carbocycles. The first-order valence-electron chi connectivity index (χ1n) is 7.58. The zero-order valence-corrected chi connectivity index (χ0v) is 15.7. The van der Waals surface area contributed by atoms with Gasteiger partial charge >= 0.3 is 0 Å². The molecule has 2 N–H and O–H groups in total. The molecular formula is C16H23BrN2S2. The summed E-state index contributed by atoms with van der Waals surface area (Å²) < 4.78 is 1.12. The van der Waals surface area contributed by atoms with E-state index < -0.39 is 0 Å². The number of rotatable bonds is 5. The lowest BCUT2D eigenvalue weighted by Crippen LogP contribution is -2.30. The van der Waals surface area contributed by atoms with Crippen LogP contribution in [0.4, 0.5) is 5.69 Å². The van der Waals surface area contributed by atoms with E-state index in [-0.39, 0.29) is 0 Å². The summed E-state index contributed by atoms with van der Waals surface area (Å²) in [7, 11) is 0. The third-order valence-corrected chi connectivity index (χ3v) is 6.23. The Kier molecular flexibility index (Phi) is 7.34. The first-order valence-corrected chi connectivity index (χ1v) is 9.83. The van der Waals surface area contributed by atoms with Crippen LogP contribution < -0.4 is 10.6 Å². The van der Waals surface area contributed by atoms with Crippen LogP contribution in [-0.2, 0) is 0 Å². The Labute approximate surface area is 146 Å². The SMILES string of the molecule is Cc1cc(NC(=S)NCCSC2CCCCC2)ccc1Br. The van der Waals surface area contributed by atoms with Crippen molar-refractivity contribution in [3.05, 3.63) is 28.2 Å². The lowest BCUT2D eigenvalue weighted by Gasteiger charge is -2.21. The average molecular weight is 387 g/mol. The zero-order valence-electron chi connectivity index (χ0n) is 12.5. The summed E-state index contributed by atoms with van der Waals surface area (Å²) in [6.07, 6.45) is 7.04. The van der Waals surface area contributed by atoms with E-state index in [9.17, 15) is 0 Å².